The van der Waals surface area contributed by atoms with Crippen LogP contribution in [0.2, 0.25) is 0 Å². The molecule has 24 heavy (non-hydrogen) atoms. The number of benzene rings is 1. The molecule has 0 aliphatic heterocycles. The van der Waals surface area contributed by atoms with Crippen molar-refractivity contribution in [3.05, 3.63) is 51.4 Å². The van der Waals surface area contributed by atoms with Crippen molar-refractivity contribution >= 4 is 23.0 Å². The molecule has 0 aliphatic carbocycles. The van der Waals surface area contributed by atoms with Crippen LogP contribution < -0.4 is 5.32 Å². The number of hydrogen-bond acceptors (Lipinski definition) is 5. The lowest BCUT2D eigenvalue weighted by Crippen LogP contribution is -2.35. The van der Waals surface area contributed by atoms with Gasteiger partial charge in [0.05, 0.1) is 10.5 Å². The number of unbranched alkanes of at least 4 members (excludes halogenated alkanes) is 1. The zero-order valence-corrected chi connectivity index (χ0v) is 14.2. The molecule has 1 unspecified atom stereocenters. The fourth-order valence-electron chi connectivity index (χ4n) is 2.40. The summed E-state index contributed by atoms with van der Waals surface area (Å²) < 4.78 is 0. The molecule has 1 atom stereocenters. The van der Waals surface area contributed by atoms with E-state index < -0.39 is 16.9 Å². The molecule has 128 valence electrons. The molecular formula is C17H20N2O4S. The molecule has 6 nitrogen and oxygen atoms in total. The van der Waals surface area contributed by atoms with Crippen molar-refractivity contribution in [3.8, 4) is 10.4 Å². The highest BCUT2D eigenvalue weighted by molar-refractivity contribution is 7.15. The van der Waals surface area contributed by atoms with Gasteiger partial charge in [-0.1, -0.05) is 31.9 Å². The highest BCUT2D eigenvalue weighted by atomic mass is 32.1. The number of thiophene rings is 1. The smallest absolute Gasteiger partial charge is 0.320 e. The van der Waals surface area contributed by atoms with Crippen LogP contribution in [0.1, 0.15) is 31.1 Å². The summed E-state index contributed by atoms with van der Waals surface area (Å²) in [5.74, 6) is -0.848. The molecule has 2 rings (SSSR count). The lowest BCUT2D eigenvalue weighted by atomic mass is 10.1. The van der Waals surface area contributed by atoms with Crippen LogP contribution in [0, 0.1) is 10.1 Å². The quantitative estimate of drug-likeness (QED) is 0.527. The number of nitrogens with one attached hydrogen (secondary N) is 1. The number of nitro benzene ring substituents is 1. The van der Waals surface area contributed by atoms with Crippen molar-refractivity contribution in [2.75, 3.05) is 0 Å². The molecule has 2 aromatic rings. The van der Waals surface area contributed by atoms with Gasteiger partial charge in [0.2, 0.25) is 0 Å². The van der Waals surface area contributed by atoms with Gasteiger partial charge in [0.15, 0.2) is 0 Å². The summed E-state index contributed by atoms with van der Waals surface area (Å²) >= 11 is 1.44. The average Bonchev–Trinajstić information content (AvgIpc) is 3.03. The van der Waals surface area contributed by atoms with E-state index in [-0.39, 0.29) is 5.69 Å². The number of carbonyl (C=O) groups is 1. The van der Waals surface area contributed by atoms with Crippen molar-refractivity contribution in [2.45, 2.75) is 38.8 Å². The van der Waals surface area contributed by atoms with E-state index in [4.69, 9.17) is 0 Å². The minimum absolute atomic E-state index is 0.0743. The van der Waals surface area contributed by atoms with E-state index in [0.717, 1.165) is 22.6 Å². The summed E-state index contributed by atoms with van der Waals surface area (Å²) in [4.78, 5) is 23.7. The molecule has 7 heteroatoms. The van der Waals surface area contributed by atoms with Gasteiger partial charge in [-0.25, -0.2) is 0 Å². The first-order valence-electron chi connectivity index (χ1n) is 7.81. The molecule has 0 bridgehead atoms. The van der Waals surface area contributed by atoms with Crippen LogP contribution in [-0.4, -0.2) is 22.0 Å². The fraction of sp³-hybridized carbons (Fsp3) is 0.353. The second kappa shape index (κ2) is 8.56. The van der Waals surface area contributed by atoms with Crippen molar-refractivity contribution < 1.29 is 14.8 Å². The van der Waals surface area contributed by atoms with E-state index in [0.29, 0.717) is 18.5 Å². The maximum absolute atomic E-state index is 11.2. The van der Waals surface area contributed by atoms with Crippen molar-refractivity contribution in [1.82, 2.24) is 5.32 Å². The van der Waals surface area contributed by atoms with E-state index in [1.54, 1.807) is 18.2 Å². The predicted molar refractivity (Wildman–Crippen MR) is 94.2 cm³/mol. The first-order valence-corrected chi connectivity index (χ1v) is 8.63. The number of carboxylic acids is 1. The summed E-state index contributed by atoms with van der Waals surface area (Å²) in [7, 11) is 0. The number of aliphatic carboxylic acids is 1. The van der Waals surface area contributed by atoms with Crippen LogP contribution in [0.15, 0.2) is 36.4 Å². The van der Waals surface area contributed by atoms with Crippen LogP contribution >= 0.6 is 11.3 Å². The van der Waals surface area contributed by atoms with E-state index >= 15 is 0 Å². The Balaban J connectivity index is 2.08. The summed E-state index contributed by atoms with van der Waals surface area (Å²) in [6, 6.07) is 9.77. The molecule has 0 spiro atoms. The third-order valence-corrected chi connectivity index (χ3v) is 4.81. The largest absolute Gasteiger partial charge is 0.480 e. The van der Waals surface area contributed by atoms with Gasteiger partial charge >= 0.3 is 5.97 Å². The van der Waals surface area contributed by atoms with E-state index in [1.165, 1.54) is 17.4 Å². The monoisotopic (exact) mass is 348 g/mol. The zero-order chi connectivity index (χ0) is 17.5. The number of nitrogens with zero attached hydrogens (tertiary/aromatic N) is 1. The van der Waals surface area contributed by atoms with E-state index in [9.17, 15) is 20.0 Å². The summed E-state index contributed by atoms with van der Waals surface area (Å²) in [5.41, 5.74) is 0.657. The van der Waals surface area contributed by atoms with Crippen LogP contribution in [0.3, 0.4) is 0 Å². The Labute approximate surface area is 144 Å². The maximum Gasteiger partial charge on any atom is 0.320 e. The Morgan fingerprint density at radius 2 is 2.08 bits per heavy atom. The third kappa shape index (κ3) is 4.62. The van der Waals surface area contributed by atoms with Gasteiger partial charge in [0, 0.05) is 22.4 Å². The van der Waals surface area contributed by atoms with Gasteiger partial charge in [-0.05, 0) is 24.6 Å². The van der Waals surface area contributed by atoms with Gasteiger partial charge in [0.25, 0.3) is 5.69 Å². The second-order valence-electron chi connectivity index (χ2n) is 5.45. The van der Waals surface area contributed by atoms with Crippen LogP contribution in [0.4, 0.5) is 5.69 Å². The van der Waals surface area contributed by atoms with Crippen LogP contribution in [-0.2, 0) is 11.3 Å². The zero-order valence-electron chi connectivity index (χ0n) is 13.4. The molecule has 0 saturated heterocycles. The number of rotatable bonds is 9. The Kier molecular flexibility index (Phi) is 6.45. The molecule has 0 amide bonds. The maximum atomic E-state index is 11.2. The van der Waals surface area contributed by atoms with Crippen molar-refractivity contribution in [1.29, 1.82) is 0 Å². The third-order valence-electron chi connectivity index (χ3n) is 3.69. The predicted octanol–water partition coefficient (Wildman–Crippen LogP) is 4.06. The Morgan fingerprint density at radius 3 is 2.75 bits per heavy atom. The number of para-hydroxylation sites is 1. The van der Waals surface area contributed by atoms with Gasteiger partial charge in [-0.15, -0.1) is 11.3 Å². The van der Waals surface area contributed by atoms with Crippen LogP contribution in [0.5, 0.6) is 0 Å². The second-order valence-corrected chi connectivity index (χ2v) is 6.62. The first-order chi connectivity index (χ1) is 11.5. The van der Waals surface area contributed by atoms with Gasteiger partial charge in [0.1, 0.15) is 6.04 Å². The van der Waals surface area contributed by atoms with Gasteiger partial charge in [-0.2, -0.15) is 0 Å². The Morgan fingerprint density at radius 1 is 1.33 bits per heavy atom. The first kappa shape index (κ1) is 18.1. The topological polar surface area (TPSA) is 92.5 Å². The molecule has 1 heterocycles. The lowest BCUT2D eigenvalue weighted by Gasteiger charge is -2.13. The lowest BCUT2D eigenvalue weighted by molar-refractivity contribution is -0.384. The molecule has 1 aromatic carbocycles. The van der Waals surface area contributed by atoms with Crippen molar-refractivity contribution in [2.24, 2.45) is 0 Å². The van der Waals surface area contributed by atoms with Crippen molar-refractivity contribution in [3.63, 3.8) is 0 Å². The average molecular weight is 348 g/mol. The molecular weight excluding hydrogens is 328 g/mol. The molecule has 0 radical (unpaired) electrons. The molecule has 0 fully saturated rings. The highest BCUT2D eigenvalue weighted by Gasteiger charge is 2.18. The van der Waals surface area contributed by atoms with E-state index in [1.807, 2.05) is 19.1 Å². The SMILES string of the molecule is CCCCC(NCc1ccc(-c2ccccc2[N+](=O)[O-])s1)C(=O)O. The molecule has 2 N–H and O–H groups in total. The highest BCUT2D eigenvalue weighted by Crippen LogP contribution is 2.34. The summed E-state index contributed by atoms with van der Waals surface area (Å²) in [6.45, 7) is 2.46. The number of carboxylic acid groups (broad SMARTS) is 1. The molecule has 1 aromatic heterocycles. The summed E-state index contributed by atoms with van der Waals surface area (Å²) in [5, 5.41) is 23.4. The van der Waals surface area contributed by atoms with Gasteiger partial charge in [-0.3, -0.25) is 20.2 Å². The standard InChI is InChI=1S/C17H20N2O4S/c1-2-3-7-14(17(20)21)18-11-12-9-10-16(24-12)13-6-4-5-8-15(13)19(22)23/h4-6,8-10,14,18H,2-3,7,11H2,1H3,(H,20,21). The normalized spacial score (nSPS) is 12.0. The fourth-order valence-corrected chi connectivity index (χ4v) is 3.40. The molecule has 0 saturated carbocycles. The number of nitro groups is 1. The minimum atomic E-state index is -0.848. The van der Waals surface area contributed by atoms with Crippen LogP contribution in [0.25, 0.3) is 10.4 Å². The van der Waals surface area contributed by atoms with E-state index in [2.05, 4.69) is 5.32 Å². The van der Waals surface area contributed by atoms with Gasteiger partial charge < -0.3 is 5.11 Å². The minimum Gasteiger partial charge on any atom is -0.480 e. The summed E-state index contributed by atoms with van der Waals surface area (Å²) in [6.07, 6.45) is 2.40. The molecule has 0 aliphatic rings. The number of hydrogen-bond donors (Lipinski definition) is 2. The Bertz CT molecular complexity index is 714. The Hall–Kier alpha value is -2.25.